The third-order valence-electron chi connectivity index (χ3n) is 3.97. The van der Waals surface area contributed by atoms with Gasteiger partial charge in [-0.25, -0.2) is 4.99 Å². The number of nitrogens with zero attached hydrogens (tertiary/aromatic N) is 4. The average Bonchev–Trinajstić information content (AvgIpc) is 3.13. The lowest BCUT2D eigenvalue weighted by Gasteiger charge is -2.15. The Kier molecular flexibility index (Phi) is 4.47. The molecular formula is C16H20N6O3. The molecule has 1 aromatic rings. The summed E-state index contributed by atoms with van der Waals surface area (Å²) in [4.78, 5) is 44.4. The maximum Gasteiger partial charge on any atom is 0.314 e. The van der Waals surface area contributed by atoms with Gasteiger partial charge in [-0.15, -0.1) is 0 Å². The van der Waals surface area contributed by atoms with Crippen LogP contribution in [0.5, 0.6) is 0 Å². The molecule has 2 N–H and O–H groups in total. The monoisotopic (exact) mass is 344 g/mol. The fourth-order valence-electron chi connectivity index (χ4n) is 2.89. The quantitative estimate of drug-likeness (QED) is 0.765. The molecule has 2 aliphatic rings. The highest BCUT2D eigenvalue weighted by Gasteiger charge is 2.33. The number of hydrogen-bond donors (Lipinski definition) is 2. The second kappa shape index (κ2) is 6.58. The first kappa shape index (κ1) is 17.0. The van der Waals surface area contributed by atoms with Crippen molar-refractivity contribution in [3.05, 3.63) is 11.8 Å². The van der Waals surface area contributed by atoms with Gasteiger partial charge in [0.2, 0.25) is 0 Å². The molecule has 1 atom stereocenters. The van der Waals surface area contributed by atoms with Crippen LogP contribution < -0.4 is 10.6 Å². The highest BCUT2D eigenvalue weighted by atomic mass is 16.2. The van der Waals surface area contributed by atoms with Crippen LogP contribution in [0.4, 0.5) is 5.82 Å². The first-order chi connectivity index (χ1) is 11.8. The minimum Gasteiger partial charge on any atom is -0.346 e. The normalized spacial score (nSPS) is 19.4. The maximum atomic E-state index is 12.2. The van der Waals surface area contributed by atoms with E-state index in [1.807, 2.05) is 0 Å². The molecule has 1 aliphatic heterocycles. The van der Waals surface area contributed by atoms with Crippen molar-refractivity contribution in [3.63, 3.8) is 0 Å². The number of rotatable bonds is 2. The Morgan fingerprint density at radius 2 is 2.04 bits per heavy atom. The number of nitrogens with one attached hydrogen (secondary N) is 2. The van der Waals surface area contributed by atoms with Crippen molar-refractivity contribution in [2.75, 3.05) is 5.32 Å². The molecule has 25 heavy (non-hydrogen) atoms. The fraction of sp³-hybridized carbons (Fsp3) is 0.500. The highest BCUT2D eigenvalue weighted by Crippen LogP contribution is 2.27. The molecule has 132 valence electrons. The van der Waals surface area contributed by atoms with E-state index in [1.165, 1.54) is 4.68 Å². The van der Waals surface area contributed by atoms with Crippen molar-refractivity contribution in [3.8, 4) is 0 Å². The Balaban J connectivity index is 1.86. The maximum absolute atomic E-state index is 12.2. The van der Waals surface area contributed by atoms with Gasteiger partial charge in [0.25, 0.3) is 11.9 Å². The van der Waals surface area contributed by atoms with E-state index in [4.69, 9.17) is 0 Å². The van der Waals surface area contributed by atoms with Crippen LogP contribution in [0.3, 0.4) is 0 Å². The zero-order valence-corrected chi connectivity index (χ0v) is 14.4. The standard InChI is InChI=1S/C16H20N6O3/c1-8(2)17-14(24)15(25)19-12-7-9(3)21-22(12)16-18-11-6-4-5-10(11)13(23)20-16/h7-8,10H,4-6H2,1-3H3,(H,17,24)(H,19,25). The van der Waals surface area contributed by atoms with Crippen molar-refractivity contribution in [2.45, 2.75) is 46.1 Å². The van der Waals surface area contributed by atoms with E-state index in [2.05, 4.69) is 25.7 Å². The van der Waals surface area contributed by atoms with Crippen LogP contribution in [-0.2, 0) is 14.4 Å². The number of fused-ring (bicyclic) bond motifs is 1. The van der Waals surface area contributed by atoms with E-state index >= 15 is 0 Å². The number of hydrogen-bond acceptors (Lipinski definition) is 5. The SMILES string of the molecule is Cc1cc(NC(=O)C(=O)NC(C)C)n(C2=NC(=O)C3CCCC3=N2)n1. The number of aromatic nitrogens is 2. The van der Waals surface area contributed by atoms with Crippen molar-refractivity contribution in [2.24, 2.45) is 15.9 Å². The first-order valence-corrected chi connectivity index (χ1v) is 8.24. The van der Waals surface area contributed by atoms with E-state index < -0.39 is 11.8 Å². The van der Waals surface area contributed by atoms with Crippen LogP contribution in [0.25, 0.3) is 0 Å². The van der Waals surface area contributed by atoms with Crippen LogP contribution >= 0.6 is 0 Å². The van der Waals surface area contributed by atoms with Crippen molar-refractivity contribution < 1.29 is 14.4 Å². The predicted octanol–water partition coefficient (Wildman–Crippen LogP) is 0.640. The molecule has 2 heterocycles. The number of anilines is 1. The summed E-state index contributed by atoms with van der Waals surface area (Å²) in [5.74, 6) is -1.66. The molecule has 0 aromatic carbocycles. The van der Waals surface area contributed by atoms with Crippen molar-refractivity contribution >= 4 is 35.2 Å². The Labute approximate surface area is 144 Å². The molecule has 9 nitrogen and oxygen atoms in total. The van der Waals surface area contributed by atoms with Gasteiger partial charge in [0.05, 0.1) is 11.6 Å². The van der Waals surface area contributed by atoms with Crippen molar-refractivity contribution in [1.82, 2.24) is 15.1 Å². The minimum absolute atomic E-state index is 0.116. The van der Waals surface area contributed by atoms with Gasteiger partial charge in [0.15, 0.2) is 0 Å². The van der Waals surface area contributed by atoms with Gasteiger partial charge in [-0.3, -0.25) is 14.4 Å². The van der Waals surface area contributed by atoms with Crippen LogP contribution in [0.15, 0.2) is 16.1 Å². The lowest BCUT2D eigenvalue weighted by Crippen LogP contribution is -2.39. The summed E-state index contributed by atoms with van der Waals surface area (Å²) in [6.07, 6.45) is 2.44. The lowest BCUT2D eigenvalue weighted by molar-refractivity contribution is -0.136. The molecule has 0 spiro atoms. The Morgan fingerprint density at radius 1 is 1.28 bits per heavy atom. The third-order valence-corrected chi connectivity index (χ3v) is 3.97. The average molecular weight is 344 g/mol. The first-order valence-electron chi connectivity index (χ1n) is 8.24. The summed E-state index contributed by atoms with van der Waals surface area (Å²) >= 11 is 0. The molecule has 9 heteroatoms. The second-order valence-corrected chi connectivity index (χ2v) is 6.46. The fourth-order valence-corrected chi connectivity index (χ4v) is 2.89. The molecule has 1 aromatic heterocycles. The van der Waals surface area contributed by atoms with Gasteiger partial charge in [0, 0.05) is 17.8 Å². The summed E-state index contributed by atoms with van der Waals surface area (Å²) in [5, 5.41) is 9.25. The van der Waals surface area contributed by atoms with Gasteiger partial charge in [-0.1, -0.05) is 0 Å². The Hall–Kier alpha value is -2.84. The molecule has 1 unspecified atom stereocenters. The summed E-state index contributed by atoms with van der Waals surface area (Å²) in [7, 11) is 0. The molecule has 1 aliphatic carbocycles. The topological polar surface area (TPSA) is 118 Å². The summed E-state index contributed by atoms with van der Waals surface area (Å²) < 4.78 is 1.29. The van der Waals surface area contributed by atoms with Crippen LogP contribution in [0.2, 0.25) is 0 Å². The van der Waals surface area contributed by atoms with E-state index in [0.717, 1.165) is 25.0 Å². The number of carbonyl (C=O) groups is 3. The number of carbonyl (C=O) groups excluding carboxylic acids is 3. The summed E-state index contributed by atoms with van der Waals surface area (Å²) in [6, 6.07) is 1.44. The summed E-state index contributed by atoms with van der Waals surface area (Å²) in [5.41, 5.74) is 1.40. The molecule has 3 rings (SSSR count). The van der Waals surface area contributed by atoms with Gasteiger partial charge in [0.1, 0.15) is 5.82 Å². The Bertz CT molecular complexity index is 805. The van der Waals surface area contributed by atoms with E-state index in [1.54, 1.807) is 26.8 Å². The number of amides is 3. The third kappa shape index (κ3) is 3.49. The van der Waals surface area contributed by atoms with E-state index in [9.17, 15) is 14.4 Å². The van der Waals surface area contributed by atoms with Gasteiger partial charge in [-0.2, -0.15) is 14.8 Å². The van der Waals surface area contributed by atoms with Crippen LogP contribution in [0, 0.1) is 12.8 Å². The van der Waals surface area contributed by atoms with Crippen molar-refractivity contribution in [1.29, 1.82) is 0 Å². The molecule has 0 radical (unpaired) electrons. The zero-order valence-electron chi connectivity index (χ0n) is 14.4. The summed E-state index contributed by atoms with van der Waals surface area (Å²) in [6.45, 7) is 5.25. The number of aliphatic imine (C=N–C) groups is 2. The van der Waals surface area contributed by atoms with Crippen LogP contribution in [-0.4, -0.2) is 45.2 Å². The largest absolute Gasteiger partial charge is 0.346 e. The molecule has 1 saturated carbocycles. The smallest absolute Gasteiger partial charge is 0.314 e. The van der Waals surface area contributed by atoms with Gasteiger partial charge in [-0.05, 0) is 40.0 Å². The predicted molar refractivity (Wildman–Crippen MR) is 91.5 cm³/mol. The van der Waals surface area contributed by atoms with Crippen LogP contribution in [0.1, 0.15) is 38.8 Å². The van der Waals surface area contributed by atoms with Gasteiger partial charge < -0.3 is 10.6 Å². The highest BCUT2D eigenvalue weighted by molar-refractivity contribution is 6.39. The Morgan fingerprint density at radius 3 is 2.76 bits per heavy atom. The molecule has 1 fully saturated rings. The molecule has 0 saturated heterocycles. The van der Waals surface area contributed by atoms with E-state index in [-0.39, 0.29) is 29.6 Å². The number of aryl methyl sites for hydroxylation is 1. The molecular weight excluding hydrogens is 324 g/mol. The molecule has 3 amide bonds. The molecule has 0 bridgehead atoms. The lowest BCUT2D eigenvalue weighted by atomic mass is 10.1. The zero-order chi connectivity index (χ0) is 18.1. The minimum atomic E-state index is -0.816. The van der Waals surface area contributed by atoms with E-state index in [0.29, 0.717) is 5.69 Å². The second-order valence-electron chi connectivity index (χ2n) is 6.46. The van der Waals surface area contributed by atoms with Gasteiger partial charge >= 0.3 is 11.8 Å².